The Morgan fingerprint density at radius 1 is 1.03 bits per heavy atom. The predicted molar refractivity (Wildman–Crippen MR) is 117 cm³/mol. The zero-order valence-corrected chi connectivity index (χ0v) is 16.6. The van der Waals surface area contributed by atoms with E-state index in [2.05, 4.69) is 21.4 Å². The highest BCUT2D eigenvalue weighted by Gasteiger charge is 2.33. The van der Waals surface area contributed by atoms with Crippen molar-refractivity contribution in [3.63, 3.8) is 0 Å². The van der Waals surface area contributed by atoms with Crippen LogP contribution < -0.4 is 10.2 Å². The van der Waals surface area contributed by atoms with E-state index in [-0.39, 0.29) is 5.91 Å². The van der Waals surface area contributed by atoms with Crippen LogP contribution in [0.1, 0.15) is 17.2 Å². The number of terminal acetylenes is 1. The van der Waals surface area contributed by atoms with Crippen molar-refractivity contribution in [1.82, 2.24) is 19.9 Å². The first kappa shape index (κ1) is 19.9. The quantitative estimate of drug-likeness (QED) is 0.497. The summed E-state index contributed by atoms with van der Waals surface area (Å²) in [5.41, 5.74) is 2.38. The van der Waals surface area contributed by atoms with Crippen LogP contribution in [0.5, 0.6) is 0 Å². The third-order valence-corrected chi connectivity index (χ3v) is 4.84. The molecule has 7 nitrogen and oxygen atoms in total. The monoisotopic (exact) mass is 409 g/mol. The molecular weight excluding hydrogens is 390 g/mol. The highest BCUT2D eigenvalue weighted by atomic mass is 16.2. The fourth-order valence-corrected chi connectivity index (χ4v) is 3.39. The molecule has 1 N–H and O–H groups in total. The van der Waals surface area contributed by atoms with Gasteiger partial charge in [0.15, 0.2) is 5.65 Å². The van der Waals surface area contributed by atoms with E-state index in [9.17, 15) is 9.59 Å². The minimum Gasteiger partial charge on any atom is -0.350 e. The smallest absolute Gasteiger partial charge is 0.303 e. The number of pyridine rings is 1. The van der Waals surface area contributed by atoms with E-state index in [1.807, 2.05) is 48.5 Å². The highest BCUT2D eigenvalue weighted by molar-refractivity contribution is 6.11. The average molecular weight is 409 g/mol. The van der Waals surface area contributed by atoms with Crippen LogP contribution in [-0.4, -0.2) is 26.4 Å². The summed E-state index contributed by atoms with van der Waals surface area (Å²) in [6.45, 7) is 0.316. The molecule has 0 saturated carbocycles. The molecule has 2 aromatic carbocycles. The van der Waals surface area contributed by atoms with Crippen molar-refractivity contribution < 1.29 is 9.59 Å². The van der Waals surface area contributed by atoms with Crippen LogP contribution in [0, 0.1) is 12.3 Å². The van der Waals surface area contributed by atoms with Gasteiger partial charge in [-0.05, 0) is 29.2 Å². The lowest BCUT2D eigenvalue weighted by Crippen LogP contribution is -2.43. The Bertz CT molecular complexity index is 1250. The van der Waals surface area contributed by atoms with E-state index in [0.29, 0.717) is 23.4 Å². The Morgan fingerprint density at radius 3 is 2.45 bits per heavy atom. The number of rotatable bonds is 6. The van der Waals surface area contributed by atoms with Gasteiger partial charge in [0.05, 0.1) is 5.69 Å². The normalized spacial score (nSPS) is 11.5. The molecule has 4 rings (SSSR count). The molecule has 0 bridgehead atoms. The van der Waals surface area contributed by atoms with Gasteiger partial charge in [-0.15, -0.1) is 16.6 Å². The zero-order valence-electron chi connectivity index (χ0n) is 16.6. The number of aromatic nitrogens is 3. The molecule has 0 radical (unpaired) electrons. The summed E-state index contributed by atoms with van der Waals surface area (Å²) in [4.78, 5) is 27.6. The lowest BCUT2D eigenvalue weighted by molar-refractivity contribution is -0.125. The number of nitrogens with one attached hydrogen (secondary N) is 1. The van der Waals surface area contributed by atoms with Crippen molar-refractivity contribution in [3.05, 3.63) is 96.4 Å². The van der Waals surface area contributed by atoms with Crippen LogP contribution in [0.15, 0.2) is 85.3 Å². The number of fused-ring (bicyclic) bond motifs is 1. The zero-order chi connectivity index (χ0) is 21.6. The van der Waals surface area contributed by atoms with E-state index in [1.54, 1.807) is 34.9 Å². The summed E-state index contributed by atoms with van der Waals surface area (Å²) < 4.78 is 1.66. The molecule has 0 aliphatic heterocycles. The molecule has 2 heterocycles. The number of amides is 2. The predicted octanol–water partition coefficient (Wildman–Crippen LogP) is 2.75. The molecule has 4 aromatic rings. The average Bonchev–Trinajstić information content (AvgIpc) is 3.31. The number of anilines is 1. The first-order chi connectivity index (χ1) is 15.2. The molecule has 7 heteroatoms. The molecule has 0 aliphatic rings. The van der Waals surface area contributed by atoms with Crippen molar-refractivity contribution >= 4 is 23.1 Å². The van der Waals surface area contributed by atoms with Crippen LogP contribution in [0.3, 0.4) is 0 Å². The van der Waals surface area contributed by atoms with Gasteiger partial charge >= 0.3 is 5.91 Å². The Morgan fingerprint density at radius 2 is 1.74 bits per heavy atom. The topological polar surface area (TPSA) is 79.6 Å². The molecule has 0 fully saturated rings. The van der Waals surface area contributed by atoms with Gasteiger partial charge in [-0.25, -0.2) is 0 Å². The molecule has 0 saturated heterocycles. The van der Waals surface area contributed by atoms with Gasteiger partial charge in [-0.1, -0.05) is 60.7 Å². The highest BCUT2D eigenvalue weighted by Crippen LogP contribution is 2.30. The number of carbonyl (C=O) groups is 2. The number of hydrogen-bond donors (Lipinski definition) is 1. The van der Waals surface area contributed by atoms with Crippen molar-refractivity contribution in [2.75, 3.05) is 4.90 Å². The molecule has 0 aliphatic carbocycles. The molecule has 2 amide bonds. The summed E-state index contributed by atoms with van der Waals surface area (Å²) >= 11 is 0. The number of hydrogen-bond acceptors (Lipinski definition) is 4. The Kier molecular flexibility index (Phi) is 5.72. The fourth-order valence-electron chi connectivity index (χ4n) is 3.39. The third-order valence-electron chi connectivity index (χ3n) is 4.84. The second-order valence-electron chi connectivity index (χ2n) is 6.79. The summed E-state index contributed by atoms with van der Waals surface area (Å²) in [6, 6.07) is 21.0. The van der Waals surface area contributed by atoms with Crippen LogP contribution in [-0.2, 0) is 16.1 Å². The maximum Gasteiger partial charge on any atom is 0.303 e. The van der Waals surface area contributed by atoms with Crippen molar-refractivity contribution in [1.29, 1.82) is 0 Å². The molecule has 2 aromatic heterocycles. The molecule has 152 valence electrons. The standard InChI is InChI=1S/C24H19N5O2/c1-2-21(30)29(20-14-9-15-28-17-26-27-23(20)28)22(19-12-7-4-8-13-19)24(31)25-16-18-10-5-3-6-11-18/h1,3-15,17,22H,16H2,(H,25,31). The van der Waals surface area contributed by atoms with Crippen LogP contribution in [0.4, 0.5) is 5.69 Å². The van der Waals surface area contributed by atoms with Gasteiger partial charge in [0, 0.05) is 12.7 Å². The Hall–Kier alpha value is -4.44. The van der Waals surface area contributed by atoms with Crippen LogP contribution in [0.25, 0.3) is 5.65 Å². The molecule has 31 heavy (non-hydrogen) atoms. The fraction of sp³-hybridized carbons (Fsp3) is 0.0833. The van der Waals surface area contributed by atoms with Gasteiger partial charge in [0.1, 0.15) is 12.4 Å². The minimum atomic E-state index is -0.989. The third kappa shape index (κ3) is 4.14. The van der Waals surface area contributed by atoms with E-state index < -0.39 is 11.9 Å². The van der Waals surface area contributed by atoms with Crippen molar-refractivity contribution in [2.24, 2.45) is 0 Å². The lowest BCUT2D eigenvalue weighted by Gasteiger charge is -2.30. The van der Waals surface area contributed by atoms with E-state index in [0.717, 1.165) is 5.56 Å². The first-order valence-corrected chi connectivity index (χ1v) is 9.64. The molecule has 1 atom stereocenters. The lowest BCUT2D eigenvalue weighted by atomic mass is 10.0. The number of carbonyl (C=O) groups excluding carboxylic acids is 2. The second-order valence-corrected chi connectivity index (χ2v) is 6.79. The first-order valence-electron chi connectivity index (χ1n) is 9.64. The second kappa shape index (κ2) is 8.93. The SMILES string of the molecule is C#CC(=O)N(c1cccn2cnnc12)C(C(=O)NCc1ccccc1)c1ccccc1. The van der Waals surface area contributed by atoms with Gasteiger partial charge in [0.2, 0.25) is 5.91 Å². The van der Waals surface area contributed by atoms with E-state index in [1.165, 1.54) is 11.2 Å². The van der Waals surface area contributed by atoms with E-state index >= 15 is 0 Å². The molecule has 1 unspecified atom stereocenters. The summed E-state index contributed by atoms with van der Waals surface area (Å²) in [7, 11) is 0. The Labute approximate surface area is 179 Å². The maximum atomic E-state index is 13.4. The number of benzene rings is 2. The van der Waals surface area contributed by atoms with Gasteiger partial charge in [-0.2, -0.15) is 0 Å². The van der Waals surface area contributed by atoms with Crippen molar-refractivity contribution in [2.45, 2.75) is 12.6 Å². The molecular formula is C24H19N5O2. The van der Waals surface area contributed by atoms with Gasteiger partial charge in [-0.3, -0.25) is 18.9 Å². The van der Waals surface area contributed by atoms with Crippen LogP contribution >= 0.6 is 0 Å². The van der Waals surface area contributed by atoms with Crippen molar-refractivity contribution in [3.8, 4) is 12.3 Å². The maximum absolute atomic E-state index is 13.4. The minimum absolute atomic E-state index is 0.316. The van der Waals surface area contributed by atoms with E-state index in [4.69, 9.17) is 6.42 Å². The van der Waals surface area contributed by atoms with Gasteiger partial charge < -0.3 is 5.32 Å². The Balaban J connectivity index is 1.78. The number of nitrogens with zero attached hydrogens (tertiary/aromatic N) is 4. The summed E-state index contributed by atoms with van der Waals surface area (Å²) in [5, 5.41) is 10.9. The largest absolute Gasteiger partial charge is 0.350 e. The molecule has 0 spiro atoms. The summed E-state index contributed by atoms with van der Waals surface area (Å²) in [6.07, 6.45) is 8.77. The van der Waals surface area contributed by atoms with Crippen LogP contribution in [0.2, 0.25) is 0 Å². The van der Waals surface area contributed by atoms with Gasteiger partial charge in [0.25, 0.3) is 0 Å². The summed E-state index contributed by atoms with van der Waals surface area (Å²) in [5.74, 6) is 1.13.